The summed E-state index contributed by atoms with van der Waals surface area (Å²) in [6.45, 7) is 2.13. The summed E-state index contributed by atoms with van der Waals surface area (Å²) in [5, 5.41) is 0. The van der Waals surface area contributed by atoms with E-state index in [-0.39, 0.29) is 5.97 Å². The second-order valence-electron chi connectivity index (χ2n) is 2.15. The molecule has 1 heterocycles. The fourth-order valence-corrected chi connectivity index (χ4v) is 1.15. The molecule has 0 saturated heterocycles. The largest absolute Gasteiger partial charge is 0.468 e. The van der Waals surface area contributed by atoms with Crippen LogP contribution in [0.25, 0.3) is 0 Å². The Morgan fingerprint density at radius 2 is 2.58 bits per heavy atom. The van der Waals surface area contributed by atoms with Gasteiger partial charge in [-0.1, -0.05) is 0 Å². The molecule has 1 aliphatic heterocycles. The predicted molar refractivity (Wildman–Crippen MR) is 47.4 cm³/mol. The third kappa shape index (κ3) is 2.11. The van der Waals surface area contributed by atoms with Gasteiger partial charge in [0.25, 0.3) is 0 Å². The molecule has 0 fully saturated rings. The van der Waals surface area contributed by atoms with E-state index < -0.39 is 0 Å². The van der Waals surface area contributed by atoms with Crippen molar-refractivity contribution in [3.8, 4) is 0 Å². The van der Waals surface area contributed by atoms with Crippen LogP contribution in [-0.4, -0.2) is 12.6 Å². The fraction of sp³-hybridized carbons (Fsp3) is 0.375. The molecule has 0 aromatic carbocycles. The van der Waals surface area contributed by atoms with E-state index >= 15 is 0 Å². The number of carbonyl (C=O) groups excluding carboxylic acids is 1. The molecule has 12 heavy (non-hydrogen) atoms. The van der Waals surface area contributed by atoms with Crippen molar-refractivity contribution in [2.24, 2.45) is 0 Å². The van der Waals surface area contributed by atoms with Crippen molar-refractivity contribution >= 4 is 21.9 Å². The molecule has 1 aliphatic rings. The first kappa shape index (κ1) is 9.32. The van der Waals surface area contributed by atoms with E-state index in [9.17, 15) is 4.79 Å². The summed E-state index contributed by atoms with van der Waals surface area (Å²) in [5.41, 5.74) is 0. The smallest absolute Gasteiger partial charge is 0.348 e. The molecule has 0 N–H and O–H groups in total. The lowest BCUT2D eigenvalue weighted by molar-refractivity contribution is -0.137. The molecule has 0 unspecified atom stereocenters. The van der Waals surface area contributed by atoms with Gasteiger partial charge in [-0.3, -0.25) is 0 Å². The highest BCUT2D eigenvalue weighted by Crippen LogP contribution is 2.22. The Kier molecular flexibility index (Phi) is 3.34. The van der Waals surface area contributed by atoms with Gasteiger partial charge >= 0.3 is 5.97 Å². The number of halogens is 1. The maximum absolute atomic E-state index is 11.1. The summed E-state index contributed by atoms with van der Waals surface area (Å²) < 4.78 is 10.2. The van der Waals surface area contributed by atoms with Crippen molar-refractivity contribution in [1.29, 1.82) is 0 Å². The standard InChI is InChI=1S/C8H9BrO3/c1-2-11-8(10)7(9)6-4-3-5-12-6/h3,5H,2,4H2,1H3/b7-6+. The lowest BCUT2D eigenvalue weighted by Crippen LogP contribution is -2.05. The number of rotatable bonds is 2. The molecule has 0 radical (unpaired) electrons. The van der Waals surface area contributed by atoms with Crippen molar-refractivity contribution in [1.82, 2.24) is 0 Å². The van der Waals surface area contributed by atoms with Crippen LogP contribution in [-0.2, 0) is 14.3 Å². The second kappa shape index (κ2) is 4.30. The van der Waals surface area contributed by atoms with Gasteiger partial charge in [0.05, 0.1) is 12.9 Å². The van der Waals surface area contributed by atoms with Crippen LogP contribution >= 0.6 is 15.9 Å². The summed E-state index contributed by atoms with van der Waals surface area (Å²) in [6, 6.07) is 0. The van der Waals surface area contributed by atoms with Crippen molar-refractivity contribution < 1.29 is 14.3 Å². The maximum Gasteiger partial charge on any atom is 0.348 e. The maximum atomic E-state index is 11.1. The number of esters is 1. The highest BCUT2D eigenvalue weighted by Gasteiger charge is 2.15. The van der Waals surface area contributed by atoms with E-state index in [0.717, 1.165) is 0 Å². The molecule has 0 aromatic rings. The van der Waals surface area contributed by atoms with Gasteiger partial charge in [-0.05, 0) is 28.9 Å². The zero-order valence-corrected chi connectivity index (χ0v) is 8.26. The molecule has 0 spiro atoms. The highest BCUT2D eigenvalue weighted by atomic mass is 79.9. The molecular formula is C8H9BrO3. The highest BCUT2D eigenvalue weighted by molar-refractivity contribution is 9.12. The molecule has 0 bridgehead atoms. The zero-order chi connectivity index (χ0) is 8.97. The Bertz CT molecular complexity index is 233. The SMILES string of the molecule is CCOC(=O)/C(Br)=C1/CC=CO1. The van der Waals surface area contributed by atoms with Crippen LogP contribution in [0.1, 0.15) is 13.3 Å². The van der Waals surface area contributed by atoms with E-state index in [1.807, 2.05) is 6.08 Å². The summed E-state index contributed by atoms with van der Waals surface area (Å²) >= 11 is 3.11. The first-order valence-corrected chi connectivity index (χ1v) is 4.42. The zero-order valence-electron chi connectivity index (χ0n) is 6.67. The van der Waals surface area contributed by atoms with Crippen LogP contribution in [0, 0.1) is 0 Å². The van der Waals surface area contributed by atoms with Crippen LogP contribution < -0.4 is 0 Å². The number of carbonyl (C=O) groups is 1. The minimum absolute atomic E-state index is 0.370. The van der Waals surface area contributed by atoms with Gasteiger partial charge in [0, 0.05) is 6.42 Å². The van der Waals surface area contributed by atoms with Crippen LogP contribution in [0.5, 0.6) is 0 Å². The van der Waals surface area contributed by atoms with Crippen LogP contribution in [0.2, 0.25) is 0 Å². The lowest BCUT2D eigenvalue weighted by Gasteiger charge is -2.02. The van der Waals surface area contributed by atoms with Crippen molar-refractivity contribution in [2.75, 3.05) is 6.61 Å². The third-order valence-corrected chi connectivity index (χ3v) is 2.08. The van der Waals surface area contributed by atoms with E-state index in [0.29, 0.717) is 23.3 Å². The molecular weight excluding hydrogens is 224 g/mol. The quantitative estimate of drug-likeness (QED) is 0.541. The molecule has 0 amide bonds. The van der Waals surface area contributed by atoms with Gasteiger partial charge in [0.15, 0.2) is 0 Å². The molecule has 3 nitrogen and oxygen atoms in total. The Balaban J connectivity index is 2.61. The van der Waals surface area contributed by atoms with Gasteiger partial charge < -0.3 is 9.47 Å². The van der Waals surface area contributed by atoms with Gasteiger partial charge in [-0.15, -0.1) is 0 Å². The van der Waals surface area contributed by atoms with Crippen LogP contribution in [0.15, 0.2) is 22.6 Å². The number of allylic oxidation sites excluding steroid dienone is 1. The molecule has 4 heteroatoms. The third-order valence-electron chi connectivity index (χ3n) is 1.31. The second-order valence-corrected chi connectivity index (χ2v) is 2.94. The number of ether oxygens (including phenoxy) is 2. The average molecular weight is 233 g/mol. The van der Waals surface area contributed by atoms with Crippen LogP contribution in [0.3, 0.4) is 0 Å². The Hall–Kier alpha value is -0.770. The monoisotopic (exact) mass is 232 g/mol. The summed E-state index contributed by atoms with van der Waals surface area (Å²) in [5.74, 6) is 0.227. The van der Waals surface area contributed by atoms with E-state index in [2.05, 4.69) is 15.9 Å². The Morgan fingerprint density at radius 1 is 1.83 bits per heavy atom. The van der Waals surface area contributed by atoms with E-state index in [1.165, 1.54) is 0 Å². The first-order valence-electron chi connectivity index (χ1n) is 3.63. The predicted octanol–water partition coefficient (Wildman–Crippen LogP) is 2.09. The molecule has 66 valence electrons. The van der Waals surface area contributed by atoms with E-state index in [4.69, 9.17) is 9.47 Å². The van der Waals surface area contributed by atoms with Gasteiger partial charge in [0.2, 0.25) is 0 Å². The number of hydrogen-bond donors (Lipinski definition) is 0. The van der Waals surface area contributed by atoms with Crippen molar-refractivity contribution in [3.63, 3.8) is 0 Å². The normalized spacial score (nSPS) is 18.8. The minimum atomic E-state index is -0.379. The molecule has 1 rings (SSSR count). The lowest BCUT2D eigenvalue weighted by atomic mass is 10.3. The molecule has 0 saturated carbocycles. The van der Waals surface area contributed by atoms with Crippen molar-refractivity contribution in [3.05, 3.63) is 22.6 Å². The topological polar surface area (TPSA) is 35.5 Å². The van der Waals surface area contributed by atoms with Gasteiger partial charge in [0.1, 0.15) is 10.2 Å². The number of hydrogen-bond acceptors (Lipinski definition) is 3. The average Bonchev–Trinajstić information content (AvgIpc) is 2.55. The Labute approximate surface area is 79.2 Å². The Morgan fingerprint density at radius 3 is 3.08 bits per heavy atom. The van der Waals surface area contributed by atoms with Crippen molar-refractivity contribution in [2.45, 2.75) is 13.3 Å². The molecule has 0 aliphatic carbocycles. The van der Waals surface area contributed by atoms with E-state index in [1.54, 1.807) is 13.2 Å². The summed E-state index contributed by atoms with van der Waals surface area (Å²) in [4.78, 5) is 11.1. The van der Waals surface area contributed by atoms with Gasteiger partial charge in [-0.2, -0.15) is 0 Å². The fourth-order valence-electron chi connectivity index (χ4n) is 0.783. The summed E-state index contributed by atoms with van der Waals surface area (Å²) in [6.07, 6.45) is 4.02. The summed E-state index contributed by atoms with van der Waals surface area (Å²) in [7, 11) is 0. The molecule has 0 aromatic heterocycles. The van der Waals surface area contributed by atoms with Crippen LogP contribution in [0.4, 0.5) is 0 Å². The molecule has 0 atom stereocenters. The van der Waals surface area contributed by atoms with Gasteiger partial charge in [-0.25, -0.2) is 4.79 Å². The first-order chi connectivity index (χ1) is 5.75. The minimum Gasteiger partial charge on any atom is -0.468 e.